The third kappa shape index (κ3) is 4.22. The lowest BCUT2D eigenvalue weighted by Gasteiger charge is -2.26. The molecule has 0 amide bonds. The molecule has 0 N–H and O–H groups in total. The summed E-state index contributed by atoms with van der Waals surface area (Å²) in [6, 6.07) is 32.6. The number of benzene rings is 5. The smallest absolute Gasteiger partial charge is 0.0620 e. The van der Waals surface area contributed by atoms with E-state index in [9.17, 15) is 0 Å². The first-order valence-corrected chi connectivity index (χ1v) is 15.1. The van der Waals surface area contributed by atoms with E-state index in [4.69, 9.17) is 0 Å². The number of rotatable bonds is 3. The van der Waals surface area contributed by atoms with Crippen molar-refractivity contribution in [3.8, 4) is 11.1 Å². The van der Waals surface area contributed by atoms with Crippen molar-refractivity contribution in [3.05, 3.63) is 120 Å². The van der Waals surface area contributed by atoms with Gasteiger partial charge in [0.1, 0.15) is 0 Å². The summed E-state index contributed by atoms with van der Waals surface area (Å²) in [6.45, 7) is 16.0. The molecular formula is C41H39N. The normalized spacial score (nSPS) is 13.4. The molecule has 1 nitrogen and oxygen atoms in total. The number of allylic oxidation sites excluding steroid dienone is 3. The summed E-state index contributed by atoms with van der Waals surface area (Å²) in [7, 11) is 0. The first-order valence-electron chi connectivity index (χ1n) is 15.1. The van der Waals surface area contributed by atoms with Crippen LogP contribution in [0.4, 0.5) is 0 Å². The summed E-state index contributed by atoms with van der Waals surface area (Å²) in [5.74, 6) is 0. The van der Waals surface area contributed by atoms with Crippen LogP contribution >= 0.6 is 0 Å². The molecule has 2 heterocycles. The van der Waals surface area contributed by atoms with Gasteiger partial charge in [-0.05, 0) is 86.7 Å². The van der Waals surface area contributed by atoms with Gasteiger partial charge in [0.25, 0.3) is 0 Å². The lowest BCUT2D eigenvalue weighted by Crippen LogP contribution is -2.16. The minimum Gasteiger partial charge on any atom is -0.308 e. The van der Waals surface area contributed by atoms with E-state index in [-0.39, 0.29) is 10.8 Å². The van der Waals surface area contributed by atoms with Crippen LogP contribution in [0.3, 0.4) is 0 Å². The average Bonchev–Trinajstić information content (AvgIpc) is 3.45. The summed E-state index contributed by atoms with van der Waals surface area (Å²) in [4.78, 5) is 0. The summed E-state index contributed by atoms with van der Waals surface area (Å²) in [6.07, 6.45) is 8.46. The Morgan fingerprint density at radius 1 is 0.548 bits per heavy atom. The molecule has 5 aromatic carbocycles. The van der Waals surface area contributed by atoms with Crippen LogP contribution in [0.1, 0.15) is 65.2 Å². The fourth-order valence-electron chi connectivity index (χ4n) is 6.46. The minimum absolute atomic E-state index is 0.0648. The molecular weight excluding hydrogens is 506 g/mol. The Labute approximate surface area is 249 Å². The molecule has 7 rings (SSSR count). The number of hydrogen-bond acceptors (Lipinski definition) is 0. The molecule has 7 aromatic rings. The monoisotopic (exact) mass is 545 g/mol. The van der Waals surface area contributed by atoms with Crippen molar-refractivity contribution >= 4 is 54.9 Å². The second-order valence-electron chi connectivity index (χ2n) is 13.9. The van der Waals surface area contributed by atoms with Gasteiger partial charge in [0.15, 0.2) is 0 Å². The van der Waals surface area contributed by atoms with E-state index >= 15 is 0 Å². The standard InChI is InChI=1S/C41H39N/c1-8-9-10-13-26-16-17-33-35-22-30(29-19-31(40(2,3)4)25-32(20-29)41(5,6)7)23-36-34-21-27-14-11-12-15-28(27)24-38(34)42(39(35)36)37(33)18-26/h8-25H,1-7H3/b9-8-,13-10-. The van der Waals surface area contributed by atoms with E-state index in [1.165, 1.54) is 76.7 Å². The fraction of sp³-hybridized carbons (Fsp3) is 0.220. The van der Waals surface area contributed by atoms with Crippen LogP contribution in [-0.4, -0.2) is 4.40 Å². The molecule has 42 heavy (non-hydrogen) atoms. The fourth-order valence-corrected chi connectivity index (χ4v) is 6.46. The van der Waals surface area contributed by atoms with Crippen molar-refractivity contribution in [1.82, 2.24) is 4.40 Å². The SMILES string of the molecule is C/C=C\C=C/c1ccc2c3cc(-c4cc(C(C)(C)C)cc(C(C)(C)C)c4)cc4c5cc6ccccc6cc5n(c2c1)c34. The highest BCUT2D eigenvalue weighted by atomic mass is 14.9. The van der Waals surface area contributed by atoms with E-state index in [1.54, 1.807) is 0 Å². The Kier molecular flexibility index (Phi) is 5.89. The van der Waals surface area contributed by atoms with Gasteiger partial charge in [0, 0.05) is 21.5 Å². The van der Waals surface area contributed by atoms with E-state index in [0.717, 1.165) is 0 Å². The predicted octanol–water partition coefficient (Wildman–Crippen LogP) is 11.8. The van der Waals surface area contributed by atoms with Gasteiger partial charge in [-0.1, -0.05) is 120 Å². The first kappa shape index (κ1) is 26.5. The zero-order valence-electron chi connectivity index (χ0n) is 25.8. The molecule has 0 spiro atoms. The highest BCUT2D eigenvalue weighted by molar-refractivity contribution is 6.25. The lowest BCUT2D eigenvalue weighted by atomic mass is 9.79. The van der Waals surface area contributed by atoms with Crippen LogP contribution in [0, 0.1) is 0 Å². The highest BCUT2D eigenvalue weighted by Crippen LogP contribution is 2.44. The number of aromatic nitrogens is 1. The van der Waals surface area contributed by atoms with Crippen molar-refractivity contribution < 1.29 is 0 Å². The van der Waals surface area contributed by atoms with Gasteiger partial charge in [-0.2, -0.15) is 0 Å². The Bertz CT molecular complexity index is 2170. The summed E-state index contributed by atoms with van der Waals surface area (Å²) in [5, 5.41) is 7.82. The predicted molar refractivity (Wildman–Crippen MR) is 185 cm³/mol. The van der Waals surface area contributed by atoms with Crippen LogP contribution in [-0.2, 0) is 10.8 Å². The van der Waals surface area contributed by atoms with Gasteiger partial charge in [-0.25, -0.2) is 0 Å². The molecule has 208 valence electrons. The van der Waals surface area contributed by atoms with E-state index in [1.807, 2.05) is 0 Å². The van der Waals surface area contributed by atoms with E-state index < -0.39 is 0 Å². The zero-order chi connectivity index (χ0) is 29.4. The maximum absolute atomic E-state index is 2.50. The Morgan fingerprint density at radius 2 is 1.14 bits per heavy atom. The van der Waals surface area contributed by atoms with Gasteiger partial charge < -0.3 is 4.40 Å². The van der Waals surface area contributed by atoms with Crippen LogP contribution in [0.15, 0.2) is 103 Å². The number of hydrogen-bond donors (Lipinski definition) is 0. The van der Waals surface area contributed by atoms with Gasteiger partial charge in [0.2, 0.25) is 0 Å². The molecule has 0 saturated heterocycles. The molecule has 0 bridgehead atoms. The van der Waals surface area contributed by atoms with Crippen molar-refractivity contribution in [1.29, 1.82) is 0 Å². The number of fused-ring (bicyclic) bond motifs is 7. The van der Waals surface area contributed by atoms with Crippen molar-refractivity contribution in [2.45, 2.75) is 59.3 Å². The molecule has 0 fully saturated rings. The first-order chi connectivity index (χ1) is 20.0. The maximum Gasteiger partial charge on any atom is 0.0620 e. The summed E-state index contributed by atoms with van der Waals surface area (Å²) in [5.41, 5.74) is 10.5. The maximum atomic E-state index is 2.50. The molecule has 0 aliphatic rings. The lowest BCUT2D eigenvalue weighted by molar-refractivity contribution is 0.569. The number of nitrogens with zero attached hydrogens (tertiary/aromatic N) is 1. The molecule has 0 saturated carbocycles. The summed E-state index contributed by atoms with van der Waals surface area (Å²) >= 11 is 0. The van der Waals surface area contributed by atoms with Crippen molar-refractivity contribution in [2.75, 3.05) is 0 Å². The Hall–Kier alpha value is -4.36. The molecule has 0 atom stereocenters. The van der Waals surface area contributed by atoms with Gasteiger partial charge >= 0.3 is 0 Å². The molecule has 0 aliphatic carbocycles. The van der Waals surface area contributed by atoms with Crippen molar-refractivity contribution in [2.24, 2.45) is 0 Å². The highest BCUT2D eigenvalue weighted by Gasteiger charge is 2.23. The topological polar surface area (TPSA) is 4.41 Å². The van der Waals surface area contributed by atoms with Gasteiger partial charge in [0.05, 0.1) is 16.6 Å². The largest absolute Gasteiger partial charge is 0.308 e. The zero-order valence-corrected chi connectivity index (χ0v) is 25.8. The molecule has 2 aromatic heterocycles. The van der Waals surface area contributed by atoms with Crippen LogP contribution in [0.5, 0.6) is 0 Å². The van der Waals surface area contributed by atoms with Gasteiger partial charge in [-0.3, -0.25) is 0 Å². The molecule has 0 unspecified atom stereocenters. The third-order valence-electron chi connectivity index (χ3n) is 8.87. The average molecular weight is 546 g/mol. The third-order valence-corrected chi connectivity index (χ3v) is 8.87. The second-order valence-corrected chi connectivity index (χ2v) is 13.9. The van der Waals surface area contributed by atoms with E-state index in [2.05, 4.69) is 162 Å². The second kappa shape index (κ2) is 9.33. The summed E-state index contributed by atoms with van der Waals surface area (Å²) < 4.78 is 2.50. The molecule has 0 aliphatic heterocycles. The minimum atomic E-state index is 0.0648. The quantitative estimate of drug-likeness (QED) is 0.195. The molecule has 0 radical (unpaired) electrons. The van der Waals surface area contributed by atoms with Crippen LogP contribution in [0.25, 0.3) is 66.1 Å². The molecule has 1 heteroatoms. The van der Waals surface area contributed by atoms with Gasteiger partial charge in [-0.15, -0.1) is 0 Å². The van der Waals surface area contributed by atoms with Crippen LogP contribution in [0.2, 0.25) is 0 Å². The van der Waals surface area contributed by atoms with E-state index in [0.29, 0.717) is 0 Å². The Balaban J connectivity index is 1.61. The van der Waals surface area contributed by atoms with Crippen LogP contribution < -0.4 is 0 Å². The Morgan fingerprint density at radius 3 is 1.79 bits per heavy atom. The van der Waals surface area contributed by atoms with Crippen molar-refractivity contribution in [3.63, 3.8) is 0 Å².